The summed E-state index contributed by atoms with van der Waals surface area (Å²) in [5.74, 6) is -1.12. The van der Waals surface area contributed by atoms with Gasteiger partial charge in [-0.25, -0.2) is 23.9 Å². The second-order valence-electron chi connectivity index (χ2n) is 11.1. The summed E-state index contributed by atoms with van der Waals surface area (Å²) in [5.41, 5.74) is 2.30. The number of nitrogens with zero attached hydrogens (tertiary/aromatic N) is 4. The lowest BCUT2D eigenvalue weighted by molar-refractivity contribution is -0.0569. The lowest BCUT2D eigenvalue weighted by Gasteiger charge is -2.22. The van der Waals surface area contributed by atoms with E-state index in [-0.39, 0.29) is 18.1 Å². The van der Waals surface area contributed by atoms with Crippen molar-refractivity contribution in [3.63, 3.8) is 0 Å². The number of ether oxygens (including phenoxy) is 3. The fourth-order valence-electron chi connectivity index (χ4n) is 5.97. The minimum Gasteiger partial charge on any atom is -0.459 e. The quantitative estimate of drug-likeness (QED) is 0.224. The summed E-state index contributed by atoms with van der Waals surface area (Å²) in [6.45, 7) is 0.0928. The van der Waals surface area contributed by atoms with Crippen LogP contribution in [0.5, 0.6) is 0 Å². The molecule has 0 radical (unpaired) electrons. The molecule has 3 aromatic carbocycles. The molecule has 232 valence electrons. The topological polar surface area (TPSA) is 113 Å². The molecule has 46 heavy (non-hydrogen) atoms. The number of hydrogen-bond acceptors (Lipinski definition) is 8. The standard InChI is InChI=1S/C35H29FN4O6/c36-28-29(46-35(43)24-15-8-3-9-16-24)26(20-44-34(42)23-13-6-2-7-14-23)45-33(28)40-19-25-17-10-18-39(30-27(25)31(40)38-21-37-30)32(41)22-11-4-1-5-12-22/h1-9,11-16,19,21,26,28-29,33H,10,17-18,20H2/t26-,28+,29?,33-/m1/s1. The molecule has 10 nitrogen and oxygen atoms in total. The SMILES string of the molecule is O=C(OC[C@H]1O[C@@H](n2cc3c4c(ncnc42)N(C(=O)c2ccccc2)CCC3)[C@@H](F)C1OC(=O)c1ccccc1)c1ccccc1. The van der Waals surface area contributed by atoms with Gasteiger partial charge in [-0.15, -0.1) is 0 Å². The van der Waals surface area contributed by atoms with Crippen LogP contribution in [0.3, 0.4) is 0 Å². The molecule has 2 aliphatic heterocycles. The number of anilines is 1. The van der Waals surface area contributed by atoms with Gasteiger partial charge in [0.2, 0.25) is 0 Å². The molecule has 1 saturated heterocycles. The first-order valence-corrected chi connectivity index (χ1v) is 15.0. The Morgan fingerprint density at radius 1 is 0.848 bits per heavy atom. The van der Waals surface area contributed by atoms with Gasteiger partial charge in [-0.3, -0.25) is 9.69 Å². The lowest BCUT2D eigenvalue weighted by atomic mass is 10.1. The third-order valence-corrected chi connectivity index (χ3v) is 8.20. The summed E-state index contributed by atoms with van der Waals surface area (Å²) in [4.78, 5) is 49.9. The summed E-state index contributed by atoms with van der Waals surface area (Å²) in [5, 5.41) is 0.622. The lowest BCUT2D eigenvalue weighted by Crippen LogP contribution is -2.37. The van der Waals surface area contributed by atoms with Crippen LogP contribution in [0.1, 0.15) is 49.3 Å². The number of aryl methyl sites for hydroxylation is 1. The largest absolute Gasteiger partial charge is 0.459 e. The van der Waals surface area contributed by atoms with Crippen LogP contribution in [0, 0.1) is 0 Å². The van der Waals surface area contributed by atoms with E-state index >= 15 is 4.39 Å². The van der Waals surface area contributed by atoms with Gasteiger partial charge in [0, 0.05) is 18.3 Å². The highest BCUT2D eigenvalue weighted by atomic mass is 19.1. The highest BCUT2D eigenvalue weighted by Gasteiger charge is 2.50. The predicted octanol–water partition coefficient (Wildman–Crippen LogP) is 5.34. The molecule has 5 aromatic rings. The maximum atomic E-state index is 16.5. The highest BCUT2D eigenvalue weighted by molar-refractivity contribution is 6.10. The van der Waals surface area contributed by atoms with Gasteiger partial charge in [0.05, 0.1) is 16.5 Å². The molecule has 4 atom stereocenters. The number of hydrogen-bond donors (Lipinski definition) is 0. The first-order chi connectivity index (χ1) is 22.5. The minimum atomic E-state index is -1.85. The Morgan fingerprint density at radius 2 is 1.48 bits per heavy atom. The number of aromatic nitrogens is 3. The van der Waals surface area contributed by atoms with Crippen molar-refractivity contribution in [1.29, 1.82) is 0 Å². The first kappa shape index (κ1) is 29.3. The maximum Gasteiger partial charge on any atom is 0.338 e. The van der Waals surface area contributed by atoms with Gasteiger partial charge in [-0.1, -0.05) is 54.6 Å². The number of carbonyl (C=O) groups is 3. The van der Waals surface area contributed by atoms with Gasteiger partial charge in [0.15, 0.2) is 18.5 Å². The number of alkyl halides is 1. The van der Waals surface area contributed by atoms with Crippen molar-refractivity contribution in [3.05, 3.63) is 126 Å². The van der Waals surface area contributed by atoms with Crippen LogP contribution in [0.2, 0.25) is 0 Å². The number of esters is 2. The zero-order chi connectivity index (χ0) is 31.6. The van der Waals surface area contributed by atoms with Crippen LogP contribution >= 0.6 is 0 Å². The van der Waals surface area contributed by atoms with Crippen LogP contribution in [-0.2, 0) is 20.6 Å². The van der Waals surface area contributed by atoms with E-state index in [9.17, 15) is 14.4 Å². The molecule has 0 bridgehead atoms. The van der Waals surface area contributed by atoms with E-state index in [0.29, 0.717) is 47.4 Å². The Kier molecular flexibility index (Phi) is 7.98. The second-order valence-corrected chi connectivity index (χ2v) is 11.1. The molecular formula is C35H29FN4O6. The average Bonchev–Trinajstić information content (AvgIpc) is 3.55. The summed E-state index contributed by atoms with van der Waals surface area (Å²) >= 11 is 0. The van der Waals surface area contributed by atoms with Crippen LogP contribution < -0.4 is 4.90 Å². The first-order valence-electron chi connectivity index (χ1n) is 15.0. The monoisotopic (exact) mass is 620 g/mol. The minimum absolute atomic E-state index is 0.199. The number of halogens is 1. The molecule has 1 unspecified atom stereocenters. The van der Waals surface area contributed by atoms with Crippen molar-refractivity contribution < 1.29 is 33.0 Å². The molecule has 1 amide bonds. The Morgan fingerprint density at radius 3 is 2.15 bits per heavy atom. The van der Waals surface area contributed by atoms with Crippen molar-refractivity contribution in [3.8, 4) is 0 Å². The molecule has 2 aliphatic rings. The van der Waals surface area contributed by atoms with Crippen molar-refractivity contribution >= 4 is 34.7 Å². The third kappa shape index (κ3) is 5.49. The Balaban J connectivity index is 1.21. The Bertz CT molecular complexity index is 1890. The highest BCUT2D eigenvalue weighted by Crippen LogP contribution is 2.40. The van der Waals surface area contributed by atoms with Gasteiger partial charge in [0.25, 0.3) is 5.91 Å². The van der Waals surface area contributed by atoms with Gasteiger partial charge in [-0.2, -0.15) is 0 Å². The predicted molar refractivity (Wildman–Crippen MR) is 165 cm³/mol. The molecule has 0 aliphatic carbocycles. The van der Waals surface area contributed by atoms with Crippen molar-refractivity contribution in [2.24, 2.45) is 0 Å². The zero-order valence-electron chi connectivity index (χ0n) is 24.6. The molecule has 2 aromatic heterocycles. The normalized spacial score (nSPS) is 20.7. The molecule has 0 spiro atoms. The van der Waals surface area contributed by atoms with E-state index in [0.717, 1.165) is 5.56 Å². The van der Waals surface area contributed by atoms with E-state index in [1.165, 1.54) is 6.33 Å². The van der Waals surface area contributed by atoms with Gasteiger partial charge in [0.1, 0.15) is 30.5 Å². The fourth-order valence-corrected chi connectivity index (χ4v) is 5.97. The Hall–Kier alpha value is -5.42. The maximum absolute atomic E-state index is 16.5. The summed E-state index contributed by atoms with van der Waals surface area (Å²) in [6, 6.07) is 25.6. The third-order valence-electron chi connectivity index (χ3n) is 8.20. The van der Waals surface area contributed by atoms with E-state index in [1.807, 2.05) is 6.07 Å². The van der Waals surface area contributed by atoms with E-state index in [4.69, 9.17) is 14.2 Å². The zero-order valence-corrected chi connectivity index (χ0v) is 24.6. The summed E-state index contributed by atoms with van der Waals surface area (Å²) in [7, 11) is 0. The molecule has 1 fully saturated rings. The van der Waals surface area contributed by atoms with Gasteiger partial charge < -0.3 is 18.8 Å². The molecule has 0 N–H and O–H groups in total. The van der Waals surface area contributed by atoms with Crippen molar-refractivity contribution in [1.82, 2.24) is 14.5 Å². The van der Waals surface area contributed by atoms with E-state index < -0.39 is 36.5 Å². The van der Waals surface area contributed by atoms with E-state index in [2.05, 4.69) is 9.97 Å². The summed E-state index contributed by atoms with van der Waals surface area (Å²) < 4.78 is 35.4. The number of carbonyl (C=O) groups excluding carboxylic acids is 3. The second kappa shape index (κ2) is 12.5. The van der Waals surface area contributed by atoms with Gasteiger partial charge in [-0.05, 0) is 54.8 Å². The smallest absolute Gasteiger partial charge is 0.338 e. The average molecular weight is 621 g/mol. The molecular weight excluding hydrogens is 591 g/mol. The van der Waals surface area contributed by atoms with E-state index in [1.54, 1.807) is 101 Å². The van der Waals surface area contributed by atoms with Crippen molar-refractivity contribution in [2.75, 3.05) is 18.1 Å². The van der Waals surface area contributed by atoms with Crippen molar-refractivity contribution in [2.45, 2.75) is 37.4 Å². The number of amides is 1. The number of benzene rings is 3. The van der Waals surface area contributed by atoms with Crippen LogP contribution in [0.25, 0.3) is 11.0 Å². The molecule has 7 rings (SSSR count). The summed E-state index contributed by atoms with van der Waals surface area (Å²) in [6.07, 6.45) is -1.30. The number of rotatable bonds is 7. The molecule has 4 heterocycles. The van der Waals surface area contributed by atoms with Crippen LogP contribution in [0.4, 0.5) is 10.2 Å². The van der Waals surface area contributed by atoms with Crippen LogP contribution in [0.15, 0.2) is 104 Å². The van der Waals surface area contributed by atoms with Gasteiger partial charge >= 0.3 is 11.9 Å². The Labute approximate surface area is 263 Å². The fraction of sp³-hybridized carbons (Fsp3) is 0.229. The van der Waals surface area contributed by atoms with Crippen LogP contribution in [-0.4, -0.2) is 63.9 Å². The molecule has 11 heteroatoms. The molecule has 0 saturated carbocycles.